The molecule has 0 radical (unpaired) electrons. The summed E-state index contributed by atoms with van der Waals surface area (Å²) in [7, 11) is 0. The highest BCUT2D eigenvalue weighted by Gasteiger charge is 2.23. The van der Waals surface area contributed by atoms with E-state index in [0.29, 0.717) is 18.1 Å². The number of amides is 2. The van der Waals surface area contributed by atoms with Gasteiger partial charge in [0.25, 0.3) is 0 Å². The number of nitrogens with zero attached hydrogens (tertiary/aromatic N) is 3. The van der Waals surface area contributed by atoms with E-state index in [-0.39, 0.29) is 24.8 Å². The highest BCUT2D eigenvalue weighted by molar-refractivity contribution is 6.10. The molecule has 0 unspecified atom stereocenters. The number of nitrogens with two attached hydrogens (primary N) is 1. The molecule has 0 saturated heterocycles. The zero-order valence-electron chi connectivity index (χ0n) is 8.51. The van der Waals surface area contributed by atoms with Crippen LogP contribution >= 0.6 is 0 Å². The summed E-state index contributed by atoms with van der Waals surface area (Å²) in [6, 6.07) is 0. The van der Waals surface area contributed by atoms with E-state index in [1.54, 1.807) is 11.2 Å². The van der Waals surface area contributed by atoms with Gasteiger partial charge in [0.1, 0.15) is 12.2 Å². The molecule has 3 N–H and O–H groups in total. The Bertz CT molecular complexity index is 424. The number of nitrogens with one attached hydrogen (secondary N) is 1. The number of carbonyl (C=O) groups is 2. The van der Waals surface area contributed by atoms with Crippen molar-refractivity contribution in [3.8, 4) is 0 Å². The van der Waals surface area contributed by atoms with E-state index in [9.17, 15) is 9.59 Å². The van der Waals surface area contributed by atoms with E-state index in [2.05, 4.69) is 15.3 Å². The molecule has 0 bridgehead atoms. The first-order chi connectivity index (χ1) is 7.66. The topological polar surface area (TPSA) is 100 Å². The molecule has 2 heterocycles. The Balaban J connectivity index is 2.12. The Hall–Kier alpha value is -2.18. The number of hydrogen-bond donors (Lipinski definition) is 2. The first-order valence-electron chi connectivity index (χ1n) is 4.80. The second-order valence-electron chi connectivity index (χ2n) is 3.41. The van der Waals surface area contributed by atoms with Gasteiger partial charge in [0.15, 0.2) is 5.84 Å². The molecule has 2 rings (SSSR count). The van der Waals surface area contributed by atoms with Gasteiger partial charge in [-0.15, -0.1) is 0 Å². The van der Waals surface area contributed by atoms with Crippen LogP contribution in [0.15, 0.2) is 21.9 Å². The molecule has 2 aliphatic rings. The highest BCUT2D eigenvalue weighted by Crippen LogP contribution is 2.09. The van der Waals surface area contributed by atoms with Crippen molar-refractivity contribution in [2.24, 2.45) is 15.7 Å². The van der Waals surface area contributed by atoms with Gasteiger partial charge in [-0.1, -0.05) is 0 Å². The minimum atomic E-state index is -0.384. The van der Waals surface area contributed by atoms with E-state index in [0.717, 1.165) is 0 Å². The molecule has 0 aliphatic carbocycles. The summed E-state index contributed by atoms with van der Waals surface area (Å²) in [5, 5.41) is 2.66. The maximum Gasteiger partial charge on any atom is 0.246 e. The lowest BCUT2D eigenvalue weighted by molar-refractivity contribution is -0.119. The largest absolute Gasteiger partial charge is 0.370 e. The quantitative estimate of drug-likeness (QED) is 0.611. The van der Waals surface area contributed by atoms with Crippen LogP contribution in [-0.4, -0.2) is 42.0 Å². The molecular formula is C9H11N5O2. The van der Waals surface area contributed by atoms with Crippen LogP contribution in [0.5, 0.6) is 0 Å². The number of amidine groups is 1. The minimum absolute atomic E-state index is 0.0909. The standard InChI is InChI=1S/C9H11N5O2/c10-7(15)1-2-14-5-11-3-6-9(14)12-4-8(16)13-6/h3,5H,1-2,4H2,(H2,10,15)(H,13,16). The van der Waals surface area contributed by atoms with Crippen molar-refractivity contribution in [1.82, 2.24) is 10.2 Å². The molecule has 16 heavy (non-hydrogen) atoms. The normalized spacial score (nSPS) is 18.5. The zero-order chi connectivity index (χ0) is 11.5. The monoisotopic (exact) mass is 221 g/mol. The van der Waals surface area contributed by atoms with Gasteiger partial charge in [-0.25, -0.2) is 4.99 Å². The van der Waals surface area contributed by atoms with Gasteiger partial charge in [0, 0.05) is 13.0 Å². The van der Waals surface area contributed by atoms with Crippen molar-refractivity contribution in [2.75, 3.05) is 13.1 Å². The maximum absolute atomic E-state index is 11.1. The Morgan fingerprint density at radius 1 is 1.62 bits per heavy atom. The van der Waals surface area contributed by atoms with Gasteiger partial charge in [0.05, 0.1) is 12.5 Å². The van der Waals surface area contributed by atoms with E-state index in [4.69, 9.17) is 5.73 Å². The molecule has 0 spiro atoms. The molecule has 0 fully saturated rings. The van der Waals surface area contributed by atoms with Crippen LogP contribution < -0.4 is 11.1 Å². The molecule has 84 valence electrons. The second kappa shape index (κ2) is 4.13. The van der Waals surface area contributed by atoms with Gasteiger partial charge in [0.2, 0.25) is 11.8 Å². The first kappa shape index (κ1) is 10.3. The zero-order valence-corrected chi connectivity index (χ0v) is 8.51. The fourth-order valence-electron chi connectivity index (χ4n) is 1.45. The molecular weight excluding hydrogens is 210 g/mol. The molecule has 0 aromatic rings. The lowest BCUT2D eigenvalue weighted by atomic mass is 10.2. The highest BCUT2D eigenvalue weighted by atomic mass is 16.2. The van der Waals surface area contributed by atoms with Gasteiger partial charge >= 0.3 is 0 Å². The molecule has 2 aliphatic heterocycles. The first-order valence-corrected chi connectivity index (χ1v) is 4.80. The summed E-state index contributed by atoms with van der Waals surface area (Å²) < 4.78 is 0. The average molecular weight is 221 g/mol. The van der Waals surface area contributed by atoms with Crippen molar-refractivity contribution in [3.63, 3.8) is 0 Å². The van der Waals surface area contributed by atoms with E-state index >= 15 is 0 Å². The number of rotatable bonds is 3. The summed E-state index contributed by atoms with van der Waals surface area (Å²) in [6.07, 6.45) is 3.30. The molecule has 7 heteroatoms. The maximum atomic E-state index is 11.1. The SMILES string of the molecule is NC(=O)CCN1C=NC=C2NC(=O)CN=C21. The number of fused-ring (bicyclic) bond motifs is 1. The Kier molecular flexibility index (Phi) is 2.67. The van der Waals surface area contributed by atoms with Gasteiger partial charge in [-0.05, 0) is 0 Å². The second-order valence-corrected chi connectivity index (χ2v) is 3.41. The molecule has 0 saturated carbocycles. The lowest BCUT2D eigenvalue weighted by Crippen LogP contribution is -2.44. The average Bonchev–Trinajstić information content (AvgIpc) is 2.25. The van der Waals surface area contributed by atoms with E-state index in [1.165, 1.54) is 6.20 Å². The van der Waals surface area contributed by atoms with E-state index in [1.807, 2.05) is 0 Å². The summed E-state index contributed by atoms with van der Waals surface area (Å²) in [6.45, 7) is 0.498. The van der Waals surface area contributed by atoms with Crippen molar-refractivity contribution in [1.29, 1.82) is 0 Å². The Morgan fingerprint density at radius 3 is 3.19 bits per heavy atom. The molecule has 7 nitrogen and oxygen atoms in total. The third-order valence-corrected chi connectivity index (χ3v) is 2.17. The fraction of sp³-hybridized carbons (Fsp3) is 0.333. The Labute approximate surface area is 91.7 Å². The van der Waals surface area contributed by atoms with Crippen LogP contribution in [0.25, 0.3) is 0 Å². The molecule has 0 atom stereocenters. The van der Waals surface area contributed by atoms with Gasteiger partial charge < -0.3 is 16.0 Å². The van der Waals surface area contributed by atoms with Crippen molar-refractivity contribution >= 4 is 24.0 Å². The fourth-order valence-corrected chi connectivity index (χ4v) is 1.45. The van der Waals surface area contributed by atoms with Crippen molar-refractivity contribution in [3.05, 3.63) is 11.9 Å². The number of aliphatic imine (C=N–C) groups is 2. The van der Waals surface area contributed by atoms with E-state index < -0.39 is 0 Å². The van der Waals surface area contributed by atoms with Gasteiger partial charge in [-0.3, -0.25) is 14.6 Å². The van der Waals surface area contributed by atoms with Crippen LogP contribution in [0.4, 0.5) is 0 Å². The smallest absolute Gasteiger partial charge is 0.246 e. The summed E-state index contributed by atoms with van der Waals surface area (Å²) >= 11 is 0. The van der Waals surface area contributed by atoms with Crippen LogP contribution in [0.1, 0.15) is 6.42 Å². The summed E-state index contributed by atoms with van der Waals surface area (Å²) in [5.41, 5.74) is 5.62. The van der Waals surface area contributed by atoms with Crippen molar-refractivity contribution in [2.45, 2.75) is 6.42 Å². The number of hydrogen-bond acceptors (Lipinski definition) is 5. The Morgan fingerprint density at radius 2 is 2.44 bits per heavy atom. The minimum Gasteiger partial charge on any atom is -0.370 e. The molecule has 0 aromatic carbocycles. The third kappa shape index (κ3) is 2.08. The van der Waals surface area contributed by atoms with Crippen LogP contribution in [0, 0.1) is 0 Å². The molecule has 0 aromatic heterocycles. The van der Waals surface area contributed by atoms with Crippen molar-refractivity contribution < 1.29 is 9.59 Å². The lowest BCUT2D eigenvalue weighted by Gasteiger charge is -2.27. The predicted molar refractivity (Wildman–Crippen MR) is 57.5 cm³/mol. The van der Waals surface area contributed by atoms with Crippen LogP contribution in [-0.2, 0) is 9.59 Å². The predicted octanol–water partition coefficient (Wildman–Crippen LogP) is -1.42. The van der Waals surface area contributed by atoms with Crippen LogP contribution in [0.2, 0.25) is 0 Å². The summed E-state index contributed by atoms with van der Waals surface area (Å²) in [4.78, 5) is 31.5. The number of carbonyl (C=O) groups excluding carboxylic acids is 2. The molecule has 2 amide bonds. The third-order valence-electron chi connectivity index (χ3n) is 2.17. The number of primary amides is 1. The van der Waals surface area contributed by atoms with Crippen LogP contribution in [0.3, 0.4) is 0 Å². The summed E-state index contributed by atoms with van der Waals surface area (Å²) in [5.74, 6) is 0.0720. The van der Waals surface area contributed by atoms with Gasteiger partial charge in [-0.2, -0.15) is 0 Å².